The van der Waals surface area contributed by atoms with Crippen LogP contribution in [-0.2, 0) is 9.59 Å². The number of Topliss-reactive ketones (excluding diaryl/α,β-unsaturated/α-hetero) is 1. The maximum Gasteiger partial charge on any atom is 0.295 e. The number of aliphatic hydroxyl groups is 1. The molecule has 0 aromatic heterocycles. The summed E-state index contributed by atoms with van der Waals surface area (Å²) in [5.41, 5.74) is 2.47. The Morgan fingerprint density at radius 2 is 1.69 bits per heavy atom. The van der Waals surface area contributed by atoms with Gasteiger partial charge in [0.05, 0.1) is 18.2 Å². The van der Waals surface area contributed by atoms with Crippen LogP contribution < -0.4 is 4.74 Å². The molecule has 6 nitrogen and oxygen atoms in total. The minimum absolute atomic E-state index is 0.119. The molecule has 32 heavy (non-hydrogen) atoms. The normalized spacial score (nSPS) is 18.1. The van der Waals surface area contributed by atoms with Crippen LogP contribution in [0.15, 0.2) is 54.1 Å². The Morgan fingerprint density at radius 1 is 1.06 bits per heavy atom. The Morgan fingerprint density at radius 3 is 2.25 bits per heavy atom. The zero-order valence-corrected chi connectivity index (χ0v) is 19.5. The largest absolute Gasteiger partial charge is 0.507 e. The highest BCUT2D eigenvalue weighted by Crippen LogP contribution is 2.39. The standard InChI is InChI=1S/C26H32N2O4/c1-17(2)16-32-21-12-10-20(11-13-21)24(29)22-23(19-8-6-18(3)7-9-19)28(15-14-27(4)5)26(31)25(22)30/h6-13,17,23,29H,14-16H2,1-5H3/b24-22+/t23-/m0/s1. The molecule has 0 unspecified atom stereocenters. The number of benzene rings is 2. The van der Waals surface area contributed by atoms with Gasteiger partial charge >= 0.3 is 0 Å². The molecule has 1 saturated heterocycles. The van der Waals surface area contributed by atoms with Gasteiger partial charge in [0, 0.05) is 18.7 Å². The molecule has 0 spiro atoms. The van der Waals surface area contributed by atoms with Crippen molar-refractivity contribution in [3.05, 3.63) is 70.8 Å². The number of likely N-dealkylation sites (tertiary alicyclic amines) is 1. The molecular formula is C26H32N2O4. The van der Waals surface area contributed by atoms with Crippen molar-refractivity contribution in [1.29, 1.82) is 0 Å². The summed E-state index contributed by atoms with van der Waals surface area (Å²) < 4.78 is 5.71. The van der Waals surface area contributed by atoms with Gasteiger partial charge in [0.2, 0.25) is 0 Å². The number of aryl methyl sites for hydroxylation is 1. The SMILES string of the molecule is Cc1ccc([C@H]2/C(=C(\O)c3ccc(OCC(C)C)cc3)C(=O)C(=O)N2CCN(C)C)cc1. The van der Waals surface area contributed by atoms with Crippen LogP contribution in [0.3, 0.4) is 0 Å². The smallest absolute Gasteiger partial charge is 0.295 e. The van der Waals surface area contributed by atoms with Crippen LogP contribution in [0.4, 0.5) is 0 Å². The maximum absolute atomic E-state index is 13.0. The fourth-order valence-corrected chi connectivity index (χ4v) is 3.64. The number of likely N-dealkylation sites (N-methyl/N-ethyl adjacent to an activating group) is 1. The minimum atomic E-state index is -0.660. The Kier molecular flexibility index (Phi) is 7.36. The molecule has 2 aromatic rings. The van der Waals surface area contributed by atoms with Crippen molar-refractivity contribution in [1.82, 2.24) is 9.80 Å². The number of hydrogen-bond donors (Lipinski definition) is 1. The third-order valence-electron chi connectivity index (χ3n) is 5.43. The summed E-state index contributed by atoms with van der Waals surface area (Å²) in [7, 11) is 3.83. The molecule has 0 radical (unpaired) electrons. The molecule has 1 fully saturated rings. The van der Waals surface area contributed by atoms with E-state index < -0.39 is 17.7 Å². The highest BCUT2D eigenvalue weighted by Gasteiger charge is 2.45. The molecule has 0 saturated carbocycles. The number of ether oxygens (including phenoxy) is 1. The first kappa shape index (κ1) is 23.5. The van der Waals surface area contributed by atoms with Crippen molar-refractivity contribution < 1.29 is 19.4 Å². The molecule has 0 aliphatic carbocycles. The lowest BCUT2D eigenvalue weighted by Gasteiger charge is -2.26. The molecule has 1 amide bonds. The Bertz CT molecular complexity index is 991. The summed E-state index contributed by atoms with van der Waals surface area (Å²) in [4.78, 5) is 29.4. The molecule has 2 aromatic carbocycles. The van der Waals surface area contributed by atoms with E-state index in [9.17, 15) is 14.7 Å². The number of rotatable bonds is 8. The summed E-state index contributed by atoms with van der Waals surface area (Å²) in [5, 5.41) is 11.1. The third-order valence-corrected chi connectivity index (χ3v) is 5.43. The molecular weight excluding hydrogens is 404 g/mol. The monoisotopic (exact) mass is 436 g/mol. The van der Waals surface area contributed by atoms with Crippen LogP contribution in [0.1, 0.15) is 36.6 Å². The van der Waals surface area contributed by atoms with E-state index in [-0.39, 0.29) is 11.3 Å². The van der Waals surface area contributed by atoms with Crippen molar-refractivity contribution >= 4 is 17.4 Å². The number of amides is 1. The van der Waals surface area contributed by atoms with Crippen molar-refractivity contribution in [2.75, 3.05) is 33.8 Å². The summed E-state index contributed by atoms with van der Waals surface area (Å²) in [5.74, 6) is -0.327. The number of nitrogens with zero attached hydrogens (tertiary/aromatic N) is 2. The van der Waals surface area contributed by atoms with Crippen LogP contribution in [0, 0.1) is 12.8 Å². The Hall–Kier alpha value is -3.12. The van der Waals surface area contributed by atoms with Crippen molar-refractivity contribution in [2.24, 2.45) is 5.92 Å². The van der Waals surface area contributed by atoms with Gasteiger partial charge in [-0.05, 0) is 56.8 Å². The zero-order valence-electron chi connectivity index (χ0n) is 19.5. The lowest BCUT2D eigenvalue weighted by Crippen LogP contribution is -2.35. The number of carbonyl (C=O) groups is 2. The third kappa shape index (κ3) is 5.19. The first-order valence-electron chi connectivity index (χ1n) is 10.9. The lowest BCUT2D eigenvalue weighted by molar-refractivity contribution is -0.140. The lowest BCUT2D eigenvalue weighted by atomic mass is 9.94. The second kappa shape index (κ2) is 10.0. The fourth-order valence-electron chi connectivity index (χ4n) is 3.64. The van der Waals surface area contributed by atoms with Crippen LogP contribution >= 0.6 is 0 Å². The predicted molar refractivity (Wildman–Crippen MR) is 126 cm³/mol. The topological polar surface area (TPSA) is 70.1 Å². The maximum atomic E-state index is 13.0. The number of hydrogen-bond acceptors (Lipinski definition) is 5. The quantitative estimate of drug-likeness (QED) is 0.385. The van der Waals surface area contributed by atoms with Gasteiger partial charge in [0.15, 0.2) is 0 Å². The number of aliphatic hydroxyl groups excluding tert-OH is 1. The first-order valence-corrected chi connectivity index (χ1v) is 10.9. The molecule has 3 rings (SSSR count). The van der Waals surface area contributed by atoms with Gasteiger partial charge in [-0.15, -0.1) is 0 Å². The van der Waals surface area contributed by atoms with Gasteiger partial charge in [-0.1, -0.05) is 43.7 Å². The van der Waals surface area contributed by atoms with Gasteiger partial charge in [-0.3, -0.25) is 9.59 Å². The van der Waals surface area contributed by atoms with E-state index in [1.54, 1.807) is 29.2 Å². The average molecular weight is 437 g/mol. The van der Waals surface area contributed by atoms with E-state index in [2.05, 4.69) is 13.8 Å². The van der Waals surface area contributed by atoms with Crippen molar-refractivity contribution in [2.45, 2.75) is 26.8 Å². The van der Waals surface area contributed by atoms with Crippen LogP contribution in [0.5, 0.6) is 5.75 Å². The van der Waals surface area contributed by atoms with Gasteiger partial charge in [0.25, 0.3) is 11.7 Å². The van der Waals surface area contributed by atoms with E-state index in [0.29, 0.717) is 36.9 Å². The molecule has 1 atom stereocenters. The highest BCUT2D eigenvalue weighted by atomic mass is 16.5. The molecule has 1 aliphatic heterocycles. The van der Waals surface area contributed by atoms with Crippen LogP contribution in [-0.4, -0.2) is 60.4 Å². The second-order valence-electron chi connectivity index (χ2n) is 8.94. The predicted octanol–water partition coefficient (Wildman–Crippen LogP) is 4.01. The molecule has 6 heteroatoms. The summed E-state index contributed by atoms with van der Waals surface area (Å²) in [6, 6.07) is 14.0. The van der Waals surface area contributed by atoms with E-state index in [1.165, 1.54) is 0 Å². The van der Waals surface area contributed by atoms with E-state index in [4.69, 9.17) is 4.74 Å². The number of ketones is 1. The molecule has 1 N–H and O–H groups in total. The van der Waals surface area contributed by atoms with E-state index in [1.807, 2.05) is 50.2 Å². The van der Waals surface area contributed by atoms with Crippen LogP contribution in [0.2, 0.25) is 0 Å². The van der Waals surface area contributed by atoms with Crippen molar-refractivity contribution in [3.63, 3.8) is 0 Å². The van der Waals surface area contributed by atoms with Gasteiger partial charge < -0.3 is 19.6 Å². The second-order valence-corrected chi connectivity index (χ2v) is 8.94. The summed E-state index contributed by atoms with van der Waals surface area (Å²) >= 11 is 0. The molecule has 1 heterocycles. The zero-order chi connectivity index (χ0) is 23.4. The first-order chi connectivity index (χ1) is 15.2. The fraction of sp³-hybridized carbons (Fsp3) is 0.385. The van der Waals surface area contributed by atoms with E-state index >= 15 is 0 Å². The summed E-state index contributed by atoms with van der Waals surface area (Å²) in [6.45, 7) is 7.71. The minimum Gasteiger partial charge on any atom is -0.507 e. The molecule has 170 valence electrons. The van der Waals surface area contributed by atoms with Crippen LogP contribution in [0.25, 0.3) is 5.76 Å². The Balaban J connectivity index is 2.02. The molecule has 1 aliphatic rings. The highest BCUT2D eigenvalue weighted by molar-refractivity contribution is 6.46. The van der Waals surface area contributed by atoms with E-state index in [0.717, 1.165) is 11.1 Å². The van der Waals surface area contributed by atoms with Gasteiger partial charge in [-0.2, -0.15) is 0 Å². The number of carbonyl (C=O) groups excluding carboxylic acids is 2. The Labute approximate surface area is 190 Å². The average Bonchev–Trinajstić information content (AvgIpc) is 3.01. The molecule has 0 bridgehead atoms. The van der Waals surface area contributed by atoms with Gasteiger partial charge in [0.1, 0.15) is 11.5 Å². The summed E-state index contributed by atoms with van der Waals surface area (Å²) in [6.07, 6.45) is 0. The van der Waals surface area contributed by atoms with Crippen molar-refractivity contribution in [3.8, 4) is 5.75 Å². The van der Waals surface area contributed by atoms with Gasteiger partial charge in [-0.25, -0.2) is 0 Å².